The van der Waals surface area contributed by atoms with Gasteiger partial charge in [0.1, 0.15) is 0 Å². The predicted molar refractivity (Wildman–Crippen MR) is 52.7 cm³/mol. The van der Waals surface area contributed by atoms with E-state index in [-0.39, 0.29) is 11.3 Å². The van der Waals surface area contributed by atoms with Crippen LogP contribution in [0.15, 0.2) is 18.5 Å². The number of rotatable bonds is 5. The molecular formula is C11H14FNO. The lowest BCUT2D eigenvalue weighted by molar-refractivity contribution is 0.0975. The SMILES string of the molecule is CCCCCC(=O)c1ccncc1F. The van der Waals surface area contributed by atoms with Crippen LogP contribution < -0.4 is 0 Å². The smallest absolute Gasteiger partial charge is 0.165 e. The number of halogens is 1. The van der Waals surface area contributed by atoms with E-state index in [0.29, 0.717) is 6.42 Å². The summed E-state index contributed by atoms with van der Waals surface area (Å²) < 4.78 is 13.1. The Labute approximate surface area is 83.2 Å². The van der Waals surface area contributed by atoms with Crippen molar-refractivity contribution >= 4 is 5.78 Å². The zero-order chi connectivity index (χ0) is 10.4. The van der Waals surface area contributed by atoms with Crippen LogP contribution in [0.25, 0.3) is 0 Å². The summed E-state index contributed by atoms with van der Waals surface area (Å²) >= 11 is 0. The molecule has 0 unspecified atom stereocenters. The largest absolute Gasteiger partial charge is 0.294 e. The third kappa shape index (κ3) is 2.91. The molecule has 0 spiro atoms. The van der Waals surface area contributed by atoms with Crippen molar-refractivity contribution in [1.82, 2.24) is 4.98 Å². The minimum Gasteiger partial charge on any atom is -0.294 e. The first kappa shape index (κ1) is 10.8. The summed E-state index contributed by atoms with van der Waals surface area (Å²) in [5, 5.41) is 0. The van der Waals surface area contributed by atoms with Gasteiger partial charge in [0.25, 0.3) is 0 Å². The number of hydrogen-bond donors (Lipinski definition) is 0. The molecule has 0 fully saturated rings. The first-order valence-electron chi connectivity index (χ1n) is 4.88. The zero-order valence-corrected chi connectivity index (χ0v) is 8.29. The molecule has 3 heteroatoms. The lowest BCUT2D eigenvalue weighted by Crippen LogP contribution is -2.02. The lowest BCUT2D eigenvalue weighted by atomic mass is 10.1. The minimum atomic E-state index is -0.519. The molecule has 0 N–H and O–H groups in total. The molecule has 0 aliphatic carbocycles. The molecule has 0 saturated heterocycles. The molecule has 2 nitrogen and oxygen atoms in total. The summed E-state index contributed by atoms with van der Waals surface area (Å²) in [5.74, 6) is -0.646. The quantitative estimate of drug-likeness (QED) is 0.534. The highest BCUT2D eigenvalue weighted by Crippen LogP contribution is 2.10. The summed E-state index contributed by atoms with van der Waals surface area (Å²) in [7, 11) is 0. The van der Waals surface area contributed by atoms with Crippen LogP contribution in [0.2, 0.25) is 0 Å². The third-order valence-corrected chi connectivity index (χ3v) is 2.08. The minimum absolute atomic E-state index is 0.127. The van der Waals surface area contributed by atoms with Gasteiger partial charge in [-0.15, -0.1) is 0 Å². The van der Waals surface area contributed by atoms with Crippen LogP contribution in [0, 0.1) is 5.82 Å². The molecule has 0 bridgehead atoms. The highest BCUT2D eigenvalue weighted by Gasteiger charge is 2.10. The fourth-order valence-corrected chi connectivity index (χ4v) is 1.27. The van der Waals surface area contributed by atoms with Crippen molar-refractivity contribution in [1.29, 1.82) is 0 Å². The Bertz CT molecular complexity index is 312. The molecule has 1 aromatic rings. The van der Waals surface area contributed by atoms with Crippen molar-refractivity contribution in [3.05, 3.63) is 29.8 Å². The van der Waals surface area contributed by atoms with E-state index in [1.165, 1.54) is 12.3 Å². The molecule has 76 valence electrons. The number of hydrogen-bond acceptors (Lipinski definition) is 2. The first-order chi connectivity index (χ1) is 6.75. The summed E-state index contributed by atoms with van der Waals surface area (Å²) in [6.45, 7) is 2.07. The van der Waals surface area contributed by atoms with Gasteiger partial charge in [-0.2, -0.15) is 0 Å². The van der Waals surface area contributed by atoms with Gasteiger partial charge in [0, 0.05) is 12.6 Å². The van der Waals surface area contributed by atoms with Gasteiger partial charge in [0.05, 0.1) is 11.8 Å². The molecule has 1 aromatic heterocycles. The van der Waals surface area contributed by atoms with Crippen molar-refractivity contribution < 1.29 is 9.18 Å². The van der Waals surface area contributed by atoms with Gasteiger partial charge >= 0.3 is 0 Å². The number of pyridine rings is 1. The van der Waals surface area contributed by atoms with Crippen LogP contribution in [0.5, 0.6) is 0 Å². The van der Waals surface area contributed by atoms with E-state index in [0.717, 1.165) is 25.5 Å². The highest BCUT2D eigenvalue weighted by molar-refractivity contribution is 5.96. The first-order valence-corrected chi connectivity index (χ1v) is 4.88. The highest BCUT2D eigenvalue weighted by atomic mass is 19.1. The average Bonchev–Trinajstić information content (AvgIpc) is 2.18. The molecular weight excluding hydrogens is 181 g/mol. The molecule has 1 rings (SSSR count). The van der Waals surface area contributed by atoms with E-state index in [2.05, 4.69) is 11.9 Å². The number of carbonyl (C=O) groups is 1. The molecule has 0 aliphatic heterocycles. The Morgan fingerprint density at radius 1 is 1.50 bits per heavy atom. The van der Waals surface area contributed by atoms with E-state index in [1.807, 2.05) is 0 Å². The molecule has 0 radical (unpaired) electrons. The summed E-state index contributed by atoms with van der Waals surface area (Å²) in [4.78, 5) is 15.1. The maximum atomic E-state index is 13.1. The molecule has 0 amide bonds. The molecule has 0 saturated carbocycles. The van der Waals surface area contributed by atoms with Gasteiger partial charge in [-0.05, 0) is 12.5 Å². The number of carbonyl (C=O) groups excluding carboxylic acids is 1. The molecule has 14 heavy (non-hydrogen) atoms. The fourth-order valence-electron chi connectivity index (χ4n) is 1.27. The van der Waals surface area contributed by atoms with Gasteiger partial charge in [-0.3, -0.25) is 9.78 Å². The second-order valence-corrected chi connectivity index (χ2v) is 3.24. The fraction of sp³-hybridized carbons (Fsp3) is 0.455. The number of unbranched alkanes of at least 4 members (excludes halogenated alkanes) is 2. The van der Waals surface area contributed by atoms with Crippen molar-refractivity contribution in [2.24, 2.45) is 0 Å². The van der Waals surface area contributed by atoms with Crippen LogP contribution >= 0.6 is 0 Å². The Hall–Kier alpha value is -1.25. The topological polar surface area (TPSA) is 30.0 Å². The van der Waals surface area contributed by atoms with E-state index in [4.69, 9.17) is 0 Å². The van der Waals surface area contributed by atoms with Gasteiger partial charge in [-0.25, -0.2) is 4.39 Å². The summed E-state index contributed by atoms with van der Waals surface area (Å²) in [6.07, 6.45) is 5.85. The zero-order valence-electron chi connectivity index (χ0n) is 8.29. The number of nitrogens with zero attached hydrogens (tertiary/aromatic N) is 1. The monoisotopic (exact) mass is 195 g/mol. The third-order valence-electron chi connectivity index (χ3n) is 2.08. The maximum absolute atomic E-state index is 13.1. The molecule has 0 aromatic carbocycles. The lowest BCUT2D eigenvalue weighted by Gasteiger charge is -2.00. The van der Waals surface area contributed by atoms with E-state index >= 15 is 0 Å². The number of ketones is 1. The van der Waals surface area contributed by atoms with Crippen molar-refractivity contribution in [3.8, 4) is 0 Å². The van der Waals surface area contributed by atoms with Crippen molar-refractivity contribution in [2.75, 3.05) is 0 Å². The normalized spacial score (nSPS) is 10.1. The second kappa shape index (κ2) is 5.47. The summed E-state index contributed by atoms with van der Waals surface area (Å²) in [5.41, 5.74) is 0.163. The van der Waals surface area contributed by atoms with E-state index < -0.39 is 5.82 Å². The maximum Gasteiger partial charge on any atom is 0.165 e. The molecule has 0 atom stereocenters. The number of aromatic nitrogens is 1. The van der Waals surface area contributed by atoms with Crippen molar-refractivity contribution in [2.45, 2.75) is 32.6 Å². The van der Waals surface area contributed by atoms with Gasteiger partial charge in [0.15, 0.2) is 11.6 Å². The Kier molecular flexibility index (Phi) is 4.23. The van der Waals surface area contributed by atoms with Crippen LogP contribution in [0.3, 0.4) is 0 Å². The Morgan fingerprint density at radius 3 is 2.93 bits per heavy atom. The second-order valence-electron chi connectivity index (χ2n) is 3.24. The van der Waals surface area contributed by atoms with Gasteiger partial charge < -0.3 is 0 Å². The Balaban J connectivity index is 2.56. The Morgan fingerprint density at radius 2 is 2.29 bits per heavy atom. The summed E-state index contributed by atoms with van der Waals surface area (Å²) in [6, 6.07) is 1.43. The van der Waals surface area contributed by atoms with Crippen LogP contribution in [0.4, 0.5) is 4.39 Å². The van der Waals surface area contributed by atoms with Crippen LogP contribution in [-0.4, -0.2) is 10.8 Å². The van der Waals surface area contributed by atoms with Crippen LogP contribution in [-0.2, 0) is 0 Å². The molecule has 1 heterocycles. The number of Topliss-reactive ketones (excluding diaryl/α,β-unsaturated/α-hetero) is 1. The van der Waals surface area contributed by atoms with E-state index in [1.54, 1.807) is 0 Å². The standard InChI is InChI=1S/C11H14FNO/c1-2-3-4-5-11(14)9-6-7-13-8-10(9)12/h6-8H,2-5H2,1H3. The van der Waals surface area contributed by atoms with Crippen LogP contribution in [0.1, 0.15) is 43.0 Å². The van der Waals surface area contributed by atoms with Crippen molar-refractivity contribution in [3.63, 3.8) is 0 Å². The molecule has 0 aliphatic rings. The average molecular weight is 195 g/mol. The van der Waals surface area contributed by atoms with E-state index in [9.17, 15) is 9.18 Å². The predicted octanol–water partition coefficient (Wildman–Crippen LogP) is 2.98. The van der Waals surface area contributed by atoms with Gasteiger partial charge in [-0.1, -0.05) is 19.8 Å². The van der Waals surface area contributed by atoms with Gasteiger partial charge in [0.2, 0.25) is 0 Å².